The summed E-state index contributed by atoms with van der Waals surface area (Å²) in [6.45, 7) is 2.16. The minimum absolute atomic E-state index is 0.0654. The Morgan fingerprint density at radius 1 is 1.13 bits per heavy atom. The Morgan fingerprint density at radius 3 is 2.43 bits per heavy atom. The number of esters is 1. The number of rotatable bonds is 10. The molecule has 0 saturated carbocycles. The van der Waals surface area contributed by atoms with Crippen molar-refractivity contribution in [1.29, 1.82) is 0 Å². The summed E-state index contributed by atoms with van der Waals surface area (Å²) < 4.78 is 18.3. The molecule has 0 bridgehead atoms. The van der Waals surface area contributed by atoms with Gasteiger partial charge < -0.3 is 10.1 Å². The first kappa shape index (κ1) is 19.1. The summed E-state index contributed by atoms with van der Waals surface area (Å²) in [6, 6.07) is 4.97. The van der Waals surface area contributed by atoms with Crippen LogP contribution in [0.4, 0.5) is 4.39 Å². The van der Waals surface area contributed by atoms with Gasteiger partial charge in [-0.3, -0.25) is 4.79 Å². The van der Waals surface area contributed by atoms with Gasteiger partial charge in [-0.25, -0.2) is 9.18 Å². The highest BCUT2D eigenvalue weighted by Crippen LogP contribution is 2.11. The summed E-state index contributed by atoms with van der Waals surface area (Å²) in [4.78, 5) is 23.9. The van der Waals surface area contributed by atoms with Crippen molar-refractivity contribution in [3.63, 3.8) is 0 Å². The number of ether oxygens (including phenoxy) is 1. The van der Waals surface area contributed by atoms with Crippen molar-refractivity contribution < 1.29 is 18.7 Å². The lowest BCUT2D eigenvalue weighted by atomic mass is 10.0. The summed E-state index contributed by atoms with van der Waals surface area (Å²) >= 11 is 0. The Morgan fingerprint density at radius 2 is 1.78 bits per heavy atom. The molecule has 0 fully saturated rings. The van der Waals surface area contributed by atoms with Crippen LogP contribution in [0, 0.1) is 5.82 Å². The van der Waals surface area contributed by atoms with Crippen LogP contribution < -0.4 is 5.32 Å². The van der Waals surface area contributed by atoms with Crippen molar-refractivity contribution in [3.05, 3.63) is 35.6 Å². The maximum absolute atomic E-state index is 13.6. The number of nitrogens with one attached hydrogen (secondary N) is 1. The molecule has 128 valence electrons. The van der Waals surface area contributed by atoms with Gasteiger partial charge in [-0.1, -0.05) is 57.6 Å². The lowest BCUT2D eigenvalue weighted by Crippen LogP contribution is -2.41. The van der Waals surface area contributed by atoms with Gasteiger partial charge in [-0.05, 0) is 18.6 Å². The molecule has 0 aliphatic heterocycles. The van der Waals surface area contributed by atoms with E-state index in [1.807, 2.05) is 0 Å². The lowest BCUT2D eigenvalue weighted by molar-refractivity contribution is -0.143. The van der Waals surface area contributed by atoms with Gasteiger partial charge in [0.1, 0.15) is 11.9 Å². The maximum Gasteiger partial charge on any atom is 0.328 e. The molecule has 0 radical (unpaired) electrons. The monoisotopic (exact) mass is 323 g/mol. The highest BCUT2D eigenvalue weighted by atomic mass is 19.1. The fraction of sp³-hybridized carbons (Fsp3) is 0.556. The van der Waals surface area contributed by atoms with Gasteiger partial charge in [-0.2, -0.15) is 0 Å². The molecule has 0 spiro atoms. The van der Waals surface area contributed by atoms with E-state index in [-0.39, 0.29) is 5.56 Å². The summed E-state index contributed by atoms with van der Waals surface area (Å²) in [7, 11) is 1.28. The van der Waals surface area contributed by atoms with E-state index in [2.05, 4.69) is 12.2 Å². The van der Waals surface area contributed by atoms with E-state index >= 15 is 0 Å². The third kappa shape index (κ3) is 6.80. The zero-order valence-corrected chi connectivity index (χ0v) is 13.9. The van der Waals surface area contributed by atoms with Crippen LogP contribution in [0.1, 0.15) is 62.2 Å². The molecule has 0 aliphatic carbocycles. The first-order valence-corrected chi connectivity index (χ1v) is 8.23. The third-order valence-electron chi connectivity index (χ3n) is 3.76. The number of hydrogen-bond acceptors (Lipinski definition) is 3. The predicted molar refractivity (Wildman–Crippen MR) is 87.7 cm³/mol. The summed E-state index contributed by atoms with van der Waals surface area (Å²) in [5, 5.41) is 2.57. The zero-order valence-electron chi connectivity index (χ0n) is 13.9. The molecule has 1 rings (SSSR count). The zero-order chi connectivity index (χ0) is 17.1. The van der Waals surface area contributed by atoms with Crippen LogP contribution in [0.15, 0.2) is 24.3 Å². The minimum Gasteiger partial charge on any atom is -0.467 e. The van der Waals surface area contributed by atoms with E-state index in [4.69, 9.17) is 4.74 Å². The van der Waals surface area contributed by atoms with Gasteiger partial charge in [0.2, 0.25) is 0 Å². The van der Waals surface area contributed by atoms with E-state index in [9.17, 15) is 14.0 Å². The highest BCUT2D eigenvalue weighted by Gasteiger charge is 2.22. The van der Waals surface area contributed by atoms with Crippen LogP contribution in [-0.4, -0.2) is 25.0 Å². The summed E-state index contributed by atoms with van der Waals surface area (Å²) in [5.74, 6) is -1.69. The van der Waals surface area contributed by atoms with Gasteiger partial charge in [-0.15, -0.1) is 0 Å². The van der Waals surface area contributed by atoms with Gasteiger partial charge in [0, 0.05) is 0 Å². The second-order valence-electron chi connectivity index (χ2n) is 5.59. The number of carbonyl (C=O) groups excluding carboxylic acids is 2. The number of amides is 1. The van der Waals surface area contributed by atoms with Gasteiger partial charge in [0.05, 0.1) is 12.7 Å². The Hall–Kier alpha value is -1.91. The quantitative estimate of drug-likeness (QED) is 0.525. The molecule has 1 atom stereocenters. The largest absolute Gasteiger partial charge is 0.467 e. The molecular formula is C18H26FNO3. The van der Waals surface area contributed by atoms with Crippen molar-refractivity contribution in [2.24, 2.45) is 0 Å². The molecular weight excluding hydrogens is 297 g/mol. The Bertz CT molecular complexity index is 505. The molecule has 0 aromatic heterocycles. The predicted octanol–water partition coefficient (Wildman–Crippen LogP) is 3.85. The molecule has 0 unspecified atom stereocenters. The Labute approximate surface area is 137 Å². The average Bonchev–Trinajstić information content (AvgIpc) is 2.56. The van der Waals surface area contributed by atoms with Crippen molar-refractivity contribution in [2.45, 2.75) is 57.9 Å². The van der Waals surface area contributed by atoms with Crippen LogP contribution in [-0.2, 0) is 9.53 Å². The lowest BCUT2D eigenvalue weighted by Gasteiger charge is -2.16. The second kappa shape index (κ2) is 10.8. The summed E-state index contributed by atoms with van der Waals surface area (Å²) in [5.41, 5.74) is -0.0654. The summed E-state index contributed by atoms with van der Waals surface area (Å²) in [6.07, 6.45) is 7.01. The Kier molecular flexibility index (Phi) is 8.95. The normalized spacial score (nSPS) is 11.8. The molecule has 5 heteroatoms. The van der Waals surface area contributed by atoms with Gasteiger partial charge in [0.25, 0.3) is 5.91 Å². The van der Waals surface area contributed by atoms with Crippen LogP contribution >= 0.6 is 0 Å². The van der Waals surface area contributed by atoms with E-state index < -0.39 is 23.7 Å². The molecule has 0 saturated heterocycles. The number of unbranched alkanes of at least 4 members (excludes halogenated alkanes) is 5. The fourth-order valence-corrected chi connectivity index (χ4v) is 2.40. The molecule has 23 heavy (non-hydrogen) atoms. The molecule has 1 amide bonds. The average molecular weight is 323 g/mol. The van der Waals surface area contributed by atoms with Crippen LogP contribution in [0.5, 0.6) is 0 Å². The molecule has 0 aliphatic rings. The van der Waals surface area contributed by atoms with Crippen molar-refractivity contribution in [2.75, 3.05) is 7.11 Å². The molecule has 1 aromatic carbocycles. The highest BCUT2D eigenvalue weighted by molar-refractivity contribution is 5.96. The number of hydrogen-bond donors (Lipinski definition) is 1. The standard InChI is InChI=1S/C18H26FNO3/c1-3-4-5-6-7-8-13-16(18(22)23-2)20-17(21)14-11-9-10-12-15(14)19/h9-12,16H,3-8,13H2,1-2H3,(H,20,21)/t16-/m0/s1. The van der Waals surface area contributed by atoms with E-state index in [0.717, 1.165) is 19.3 Å². The molecule has 4 nitrogen and oxygen atoms in total. The molecule has 0 heterocycles. The van der Waals surface area contributed by atoms with Crippen LogP contribution in [0.25, 0.3) is 0 Å². The van der Waals surface area contributed by atoms with Gasteiger partial charge >= 0.3 is 5.97 Å². The Balaban J connectivity index is 2.53. The molecule has 1 N–H and O–H groups in total. The minimum atomic E-state index is -0.738. The van der Waals surface area contributed by atoms with Crippen molar-refractivity contribution in [1.82, 2.24) is 5.32 Å². The van der Waals surface area contributed by atoms with Crippen molar-refractivity contribution >= 4 is 11.9 Å². The fourth-order valence-electron chi connectivity index (χ4n) is 2.40. The van der Waals surface area contributed by atoms with Crippen LogP contribution in [0.2, 0.25) is 0 Å². The molecule has 1 aromatic rings. The first-order valence-electron chi connectivity index (χ1n) is 8.23. The topological polar surface area (TPSA) is 55.4 Å². The SMILES string of the molecule is CCCCCCCC[C@H](NC(=O)c1ccccc1F)C(=O)OC. The van der Waals surface area contributed by atoms with E-state index in [1.165, 1.54) is 44.6 Å². The van der Waals surface area contributed by atoms with Gasteiger partial charge in [0.15, 0.2) is 0 Å². The smallest absolute Gasteiger partial charge is 0.328 e. The maximum atomic E-state index is 13.6. The van der Waals surface area contributed by atoms with E-state index in [1.54, 1.807) is 6.07 Å². The third-order valence-corrected chi connectivity index (χ3v) is 3.76. The van der Waals surface area contributed by atoms with Crippen LogP contribution in [0.3, 0.4) is 0 Å². The number of carbonyl (C=O) groups is 2. The number of methoxy groups -OCH3 is 1. The first-order chi connectivity index (χ1) is 11.1. The van der Waals surface area contributed by atoms with E-state index in [0.29, 0.717) is 6.42 Å². The second-order valence-corrected chi connectivity index (χ2v) is 5.59. The number of benzene rings is 1. The number of halogens is 1. The van der Waals surface area contributed by atoms with Crippen molar-refractivity contribution in [3.8, 4) is 0 Å².